The smallest absolute Gasteiger partial charge is 0.295 e. The molecule has 0 unspecified atom stereocenters. The molecule has 0 radical (unpaired) electrons. The van der Waals surface area contributed by atoms with Crippen LogP contribution in [0.25, 0.3) is 5.76 Å². The molecule has 2 aliphatic heterocycles. The first-order chi connectivity index (χ1) is 16.4. The van der Waals surface area contributed by atoms with E-state index in [1.807, 2.05) is 0 Å². The highest BCUT2D eigenvalue weighted by Gasteiger charge is 2.46. The zero-order valence-electron chi connectivity index (χ0n) is 18.8. The lowest BCUT2D eigenvalue weighted by molar-refractivity contribution is -0.140. The highest BCUT2D eigenvalue weighted by molar-refractivity contribution is 6.46. The van der Waals surface area contributed by atoms with Gasteiger partial charge in [0.15, 0.2) is 0 Å². The Kier molecular flexibility index (Phi) is 7.50. The number of nitrogens with zero attached hydrogens (tertiary/aromatic N) is 2. The predicted octanol–water partition coefficient (Wildman–Crippen LogP) is 3.63. The molecule has 1 N–H and O–H groups in total. The fraction of sp³-hybridized carbons (Fsp3) is 0.360. The molecule has 0 aromatic heterocycles. The molecule has 4 rings (SSSR count). The van der Waals surface area contributed by atoms with Crippen molar-refractivity contribution in [3.63, 3.8) is 0 Å². The van der Waals surface area contributed by atoms with Gasteiger partial charge in [-0.3, -0.25) is 14.5 Å². The molecule has 9 heteroatoms. The van der Waals surface area contributed by atoms with E-state index >= 15 is 0 Å². The molecule has 0 spiro atoms. The van der Waals surface area contributed by atoms with Crippen molar-refractivity contribution in [2.24, 2.45) is 0 Å². The van der Waals surface area contributed by atoms with E-state index in [1.54, 1.807) is 18.2 Å². The first kappa shape index (κ1) is 24.2. The van der Waals surface area contributed by atoms with E-state index in [0.717, 1.165) is 19.6 Å². The molecule has 7 nitrogen and oxygen atoms in total. The number of aliphatic hydroxyl groups is 1. The molecule has 0 bridgehead atoms. The molecule has 1 atom stereocenters. The topological polar surface area (TPSA) is 79.3 Å². The van der Waals surface area contributed by atoms with Crippen molar-refractivity contribution >= 4 is 29.1 Å². The summed E-state index contributed by atoms with van der Waals surface area (Å²) >= 11 is 6.21. The van der Waals surface area contributed by atoms with Crippen LogP contribution < -0.4 is 4.74 Å². The van der Waals surface area contributed by atoms with Crippen LogP contribution in [0.1, 0.15) is 23.6 Å². The number of carbonyl (C=O) groups is 2. The number of ether oxygens (including phenoxy) is 2. The van der Waals surface area contributed by atoms with Gasteiger partial charge in [0.2, 0.25) is 0 Å². The Morgan fingerprint density at radius 2 is 1.94 bits per heavy atom. The van der Waals surface area contributed by atoms with Gasteiger partial charge in [-0.05, 0) is 42.3 Å². The molecule has 2 aliphatic rings. The van der Waals surface area contributed by atoms with Gasteiger partial charge >= 0.3 is 0 Å². The zero-order valence-corrected chi connectivity index (χ0v) is 19.6. The van der Waals surface area contributed by atoms with Gasteiger partial charge in [-0.1, -0.05) is 23.7 Å². The van der Waals surface area contributed by atoms with Crippen LogP contribution in [-0.4, -0.2) is 73.1 Å². The average Bonchev–Trinajstić information content (AvgIpc) is 3.09. The molecular weight excluding hydrogens is 463 g/mol. The summed E-state index contributed by atoms with van der Waals surface area (Å²) in [6, 6.07) is 9.38. The molecular formula is C25H26ClFN2O5. The largest absolute Gasteiger partial charge is 0.507 e. The van der Waals surface area contributed by atoms with Crippen molar-refractivity contribution in [2.75, 3.05) is 46.5 Å². The first-order valence-electron chi connectivity index (χ1n) is 11.1. The minimum Gasteiger partial charge on any atom is -0.507 e. The number of benzene rings is 2. The van der Waals surface area contributed by atoms with Gasteiger partial charge in [0.1, 0.15) is 17.3 Å². The van der Waals surface area contributed by atoms with Crippen LogP contribution in [0.5, 0.6) is 5.75 Å². The van der Waals surface area contributed by atoms with E-state index in [9.17, 15) is 19.1 Å². The van der Waals surface area contributed by atoms with Crippen LogP contribution in [0.15, 0.2) is 48.0 Å². The van der Waals surface area contributed by atoms with E-state index < -0.39 is 23.5 Å². The second-order valence-corrected chi connectivity index (χ2v) is 8.61. The maximum Gasteiger partial charge on any atom is 0.295 e. The normalized spacial score (nSPS) is 20.7. The standard InChI is InChI=1S/C25H26ClFN2O5/c1-33-20-7-6-17(15-19(20)26)23(30)21-22(16-4-2-5-18(27)14-16)29(25(32)24(21)31)9-3-8-28-10-12-34-13-11-28/h2,4-7,14-15,22,30H,3,8-13H2,1H3/t22-/m1/s1. The van der Waals surface area contributed by atoms with Crippen LogP contribution in [0.2, 0.25) is 5.02 Å². The first-order valence-corrected chi connectivity index (χ1v) is 11.5. The number of morpholine rings is 1. The van der Waals surface area contributed by atoms with Gasteiger partial charge in [0.05, 0.1) is 37.0 Å². The predicted molar refractivity (Wildman–Crippen MR) is 125 cm³/mol. The number of rotatable bonds is 7. The number of amides is 1. The number of hydrogen-bond donors (Lipinski definition) is 1. The minimum atomic E-state index is -0.915. The highest BCUT2D eigenvalue weighted by Crippen LogP contribution is 2.40. The summed E-state index contributed by atoms with van der Waals surface area (Å²) in [7, 11) is 1.47. The molecule has 0 aliphatic carbocycles. The van der Waals surface area contributed by atoms with Crippen LogP contribution in [-0.2, 0) is 14.3 Å². The Labute approximate surface area is 202 Å². The third-order valence-electron chi connectivity index (χ3n) is 6.11. The number of Topliss-reactive ketones (excluding diaryl/α,β-unsaturated/α-hetero) is 1. The van der Waals surface area contributed by atoms with Gasteiger partial charge < -0.3 is 19.5 Å². The van der Waals surface area contributed by atoms with Gasteiger partial charge in [-0.15, -0.1) is 0 Å². The number of hydrogen-bond acceptors (Lipinski definition) is 6. The molecule has 2 fully saturated rings. The van der Waals surface area contributed by atoms with E-state index in [4.69, 9.17) is 21.1 Å². The second kappa shape index (κ2) is 10.5. The van der Waals surface area contributed by atoms with Crippen molar-refractivity contribution in [2.45, 2.75) is 12.5 Å². The Morgan fingerprint density at radius 3 is 2.62 bits per heavy atom. The van der Waals surface area contributed by atoms with Crippen molar-refractivity contribution < 1.29 is 28.6 Å². The summed E-state index contributed by atoms with van der Waals surface area (Å²) in [4.78, 5) is 29.8. The van der Waals surface area contributed by atoms with Gasteiger partial charge in [-0.2, -0.15) is 0 Å². The highest BCUT2D eigenvalue weighted by atomic mass is 35.5. The van der Waals surface area contributed by atoms with Crippen molar-refractivity contribution in [1.29, 1.82) is 0 Å². The number of likely N-dealkylation sites (tertiary alicyclic amines) is 1. The van der Waals surface area contributed by atoms with Crippen LogP contribution in [0.3, 0.4) is 0 Å². The molecule has 180 valence electrons. The van der Waals surface area contributed by atoms with Gasteiger partial charge in [0, 0.05) is 31.7 Å². The number of aliphatic hydroxyl groups excluding tert-OH is 1. The van der Waals surface area contributed by atoms with E-state index in [0.29, 0.717) is 30.9 Å². The van der Waals surface area contributed by atoms with E-state index in [-0.39, 0.29) is 28.5 Å². The lowest BCUT2D eigenvalue weighted by Gasteiger charge is -2.29. The van der Waals surface area contributed by atoms with Gasteiger partial charge in [0.25, 0.3) is 11.7 Å². The lowest BCUT2D eigenvalue weighted by Crippen LogP contribution is -2.39. The van der Waals surface area contributed by atoms with Crippen molar-refractivity contribution in [3.05, 3.63) is 70.0 Å². The Bertz CT molecular complexity index is 1120. The quantitative estimate of drug-likeness (QED) is 0.364. The minimum absolute atomic E-state index is 0.0943. The summed E-state index contributed by atoms with van der Waals surface area (Å²) in [6.45, 7) is 3.96. The fourth-order valence-electron chi connectivity index (χ4n) is 4.39. The zero-order chi connectivity index (χ0) is 24.2. The third kappa shape index (κ3) is 4.94. The summed E-state index contributed by atoms with van der Waals surface area (Å²) in [5.41, 5.74) is 0.577. The SMILES string of the molecule is COc1ccc(C(O)=C2C(=O)C(=O)N(CCCN3CCOCC3)[C@@H]2c2cccc(F)c2)cc1Cl. The number of halogens is 2. The molecule has 2 heterocycles. The summed E-state index contributed by atoms with van der Waals surface area (Å²) in [6.07, 6.45) is 0.618. The monoisotopic (exact) mass is 488 g/mol. The Hall–Kier alpha value is -2.94. The number of ketones is 1. The van der Waals surface area contributed by atoms with E-state index in [1.165, 1.54) is 36.3 Å². The Balaban J connectivity index is 1.69. The average molecular weight is 489 g/mol. The molecule has 2 aromatic carbocycles. The fourth-order valence-corrected chi connectivity index (χ4v) is 4.65. The summed E-state index contributed by atoms with van der Waals surface area (Å²) < 4.78 is 24.6. The van der Waals surface area contributed by atoms with Gasteiger partial charge in [-0.25, -0.2) is 4.39 Å². The molecule has 1 amide bonds. The number of methoxy groups -OCH3 is 1. The lowest BCUT2D eigenvalue weighted by atomic mass is 9.95. The maximum atomic E-state index is 14.1. The van der Waals surface area contributed by atoms with E-state index in [2.05, 4.69) is 4.90 Å². The molecule has 0 saturated carbocycles. The maximum absolute atomic E-state index is 14.1. The van der Waals surface area contributed by atoms with Crippen LogP contribution >= 0.6 is 11.6 Å². The van der Waals surface area contributed by atoms with Crippen LogP contribution in [0, 0.1) is 5.82 Å². The summed E-state index contributed by atoms with van der Waals surface area (Å²) in [5.74, 6) is -2.00. The second-order valence-electron chi connectivity index (χ2n) is 8.20. The van der Waals surface area contributed by atoms with Crippen LogP contribution in [0.4, 0.5) is 4.39 Å². The number of carbonyl (C=O) groups excluding carboxylic acids is 2. The summed E-state index contributed by atoms with van der Waals surface area (Å²) in [5, 5.41) is 11.4. The molecule has 34 heavy (non-hydrogen) atoms. The third-order valence-corrected chi connectivity index (χ3v) is 6.40. The molecule has 2 aromatic rings. The van der Waals surface area contributed by atoms with Crippen molar-refractivity contribution in [1.82, 2.24) is 9.80 Å². The molecule has 2 saturated heterocycles. The Morgan fingerprint density at radius 1 is 1.18 bits per heavy atom. The van der Waals surface area contributed by atoms with Crippen molar-refractivity contribution in [3.8, 4) is 5.75 Å².